The number of para-hydroxylation sites is 2. The monoisotopic (exact) mass is 466 g/mol. The van der Waals surface area contributed by atoms with Crippen LogP contribution in [0.1, 0.15) is 5.56 Å². The van der Waals surface area contributed by atoms with Crippen molar-refractivity contribution in [2.45, 2.75) is 13.0 Å². The van der Waals surface area contributed by atoms with Gasteiger partial charge in [-0.3, -0.25) is 0 Å². The number of benzene rings is 3. The van der Waals surface area contributed by atoms with Gasteiger partial charge in [0.2, 0.25) is 10.0 Å². The van der Waals surface area contributed by atoms with Crippen molar-refractivity contribution < 1.29 is 22.6 Å². The molecule has 0 spiro atoms. The topological polar surface area (TPSA) is 80.9 Å². The number of aromatic nitrogens is 1. The predicted octanol–water partition coefficient (Wildman–Crippen LogP) is 4.08. The van der Waals surface area contributed by atoms with Crippen LogP contribution in [0, 0.1) is 6.92 Å². The van der Waals surface area contributed by atoms with E-state index >= 15 is 0 Å². The van der Waals surface area contributed by atoms with Gasteiger partial charge in [-0.05, 0) is 42.8 Å². The van der Waals surface area contributed by atoms with Gasteiger partial charge in [-0.1, -0.05) is 36.4 Å². The van der Waals surface area contributed by atoms with Gasteiger partial charge in [0.1, 0.15) is 30.8 Å². The average molecular weight is 467 g/mol. The lowest BCUT2D eigenvalue weighted by molar-refractivity contribution is 0.0144. The fourth-order valence-electron chi connectivity index (χ4n) is 4.06. The first kappa shape index (κ1) is 21.8. The molecule has 0 amide bonds. The normalized spacial score (nSPS) is 18.5. The minimum absolute atomic E-state index is 0.231. The highest BCUT2D eigenvalue weighted by Gasteiger charge is 2.32. The molecule has 33 heavy (non-hydrogen) atoms. The zero-order valence-electron chi connectivity index (χ0n) is 18.4. The van der Waals surface area contributed by atoms with E-state index in [-0.39, 0.29) is 38.3 Å². The van der Waals surface area contributed by atoms with Crippen LogP contribution in [0.4, 0.5) is 0 Å². The highest BCUT2D eigenvalue weighted by molar-refractivity contribution is 7.88. The van der Waals surface area contributed by atoms with Gasteiger partial charge >= 0.3 is 0 Å². The standard InChI is InChI=1S/C25H26N2O5S/c1-18-6-2-5-9-25(18)30-13-12-27-15-20(32-17-33(27,28)29)16-31-19-10-11-24-22(14-19)21-7-3-4-8-23(21)26-24/h2-11,14,20,26H,12-13,15-17H2,1H3. The predicted molar refractivity (Wildman–Crippen MR) is 128 cm³/mol. The first-order valence-electron chi connectivity index (χ1n) is 10.9. The fourth-order valence-corrected chi connectivity index (χ4v) is 5.32. The molecule has 2 heterocycles. The number of ether oxygens (including phenoxy) is 3. The number of aromatic amines is 1. The third-order valence-corrected chi connectivity index (χ3v) is 7.41. The summed E-state index contributed by atoms with van der Waals surface area (Å²) in [5, 5.41) is 2.23. The molecule has 1 fully saturated rings. The van der Waals surface area contributed by atoms with Crippen molar-refractivity contribution in [3.8, 4) is 11.5 Å². The smallest absolute Gasteiger partial charge is 0.238 e. The van der Waals surface area contributed by atoms with E-state index < -0.39 is 10.0 Å². The number of rotatable bonds is 7. The van der Waals surface area contributed by atoms with E-state index in [1.165, 1.54) is 4.31 Å². The number of aryl methyl sites for hydroxylation is 1. The van der Waals surface area contributed by atoms with Crippen molar-refractivity contribution in [3.63, 3.8) is 0 Å². The van der Waals surface area contributed by atoms with Gasteiger partial charge in [-0.25, -0.2) is 8.42 Å². The first-order chi connectivity index (χ1) is 16.0. The highest BCUT2D eigenvalue weighted by Crippen LogP contribution is 2.29. The van der Waals surface area contributed by atoms with E-state index in [2.05, 4.69) is 11.1 Å². The van der Waals surface area contributed by atoms with Crippen molar-refractivity contribution >= 4 is 31.8 Å². The Hall–Kier alpha value is -3.07. The second-order valence-corrected chi connectivity index (χ2v) is 10.1. The van der Waals surface area contributed by atoms with Crippen molar-refractivity contribution in [1.29, 1.82) is 0 Å². The Labute approximate surface area is 192 Å². The largest absolute Gasteiger partial charge is 0.492 e. The molecule has 0 aliphatic carbocycles. The summed E-state index contributed by atoms with van der Waals surface area (Å²) in [7, 11) is -3.48. The molecule has 1 atom stereocenters. The lowest BCUT2D eigenvalue weighted by atomic mass is 10.1. The van der Waals surface area contributed by atoms with Gasteiger partial charge in [-0.15, -0.1) is 0 Å². The summed E-state index contributed by atoms with van der Waals surface area (Å²) in [5.41, 5.74) is 3.14. The second kappa shape index (κ2) is 9.05. The van der Waals surface area contributed by atoms with E-state index in [0.29, 0.717) is 0 Å². The maximum absolute atomic E-state index is 12.5. The van der Waals surface area contributed by atoms with E-state index in [4.69, 9.17) is 14.2 Å². The Morgan fingerprint density at radius 3 is 2.67 bits per heavy atom. The lowest BCUT2D eigenvalue weighted by Gasteiger charge is -2.32. The number of H-pyrrole nitrogens is 1. The summed E-state index contributed by atoms with van der Waals surface area (Å²) in [5.74, 6) is 1.13. The molecule has 4 aromatic rings. The third-order valence-electron chi connectivity index (χ3n) is 5.86. The number of sulfonamides is 1. The molecule has 1 unspecified atom stereocenters. The molecule has 3 aromatic carbocycles. The van der Waals surface area contributed by atoms with Gasteiger partial charge in [0.25, 0.3) is 0 Å². The van der Waals surface area contributed by atoms with Crippen molar-refractivity contribution in [3.05, 3.63) is 72.3 Å². The van der Waals surface area contributed by atoms with Crippen molar-refractivity contribution in [1.82, 2.24) is 9.29 Å². The molecule has 7 nitrogen and oxygen atoms in total. The van der Waals surface area contributed by atoms with Crippen LogP contribution in [0.15, 0.2) is 66.7 Å². The van der Waals surface area contributed by atoms with E-state index in [1.807, 2.05) is 67.6 Å². The highest BCUT2D eigenvalue weighted by atomic mass is 32.2. The quantitative estimate of drug-likeness (QED) is 0.444. The average Bonchev–Trinajstić information content (AvgIpc) is 3.18. The molecular formula is C25H26N2O5S. The Balaban J connectivity index is 1.21. The minimum Gasteiger partial charge on any atom is -0.492 e. The summed E-state index contributed by atoms with van der Waals surface area (Å²) in [6.45, 7) is 2.99. The zero-order chi connectivity index (χ0) is 22.8. The summed E-state index contributed by atoms with van der Waals surface area (Å²) in [6, 6.07) is 21.7. The molecule has 0 radical (unpaired) electrons. The summed E-state index contributed by atoms with van der Waals surface area (Å²) in [6.07, 6.45) is -0.356. The molecule has 172 valence electrons. The first-order valence-corrected chi connectivity index (χ1v) is 12.5. The Morgan fingerprint density at radius 2 is 1.79 bits per heavy atom. The third kappa shape index (κ3) is 4.68. The van der Waals surface area contributed by atoms with Gasteiger partial charge in [0.15, 0.2) is 5.94 Å². The van der Waals surface area contributed by atoms with Crippen LogP contribution >= 0.6 is 0 Å². The maximum atomic E-state index is 12.5. The molecule has 1 saturated heterocycles. The van der Waals surface area contributed by atoms with Crippen molar-refractivity contribution in [2.75, 3.05) is 32.2 Å². The lowest BCUT2D eigenvalue weighted by Crippen LogP contribution is -2.49. The van der Waals surface area contributed by atoms with E-state index in [1.54, 1.807) is 0 Å². The van der Waals surface area contributed by atoms with Crippen LogP contribution in [-0.2, 0) is 14.8 Å². The maximum Gasteiger partial charge on any atom is 0.238 e. The molecule has 1 N–H and O–H groups in total. The minimum atomic E-state index is -3.48. The zero-order valence-corrected chi connectivity index (χ0v) is 19.2. The summed E-state index contributed by atoms with van der Waals surface area (Å²) in [4.78, 5) is 3.39. The van der Waals surface area contributed by atoms with Crippen LogP contribution < -0.4 is 9.47 Å². The van der Waals surface area contributed by atoms with Crippen LogP contribution in [0.5, 0.6) is 11.5 Å². The number of nitrogens with zero attached hydrogens (tertiary/aromatic N) is 1. The summed E-state index contributed by atoms with van der Waals surface area (Å²) >= 11 is 0. The Bertz CT molecular complexity index is 1380. The second-order valence-electron chi connectivity index (χ2n) is 8.18. The Morgan fingerprint density at radius 1 is 1.00 bits per heavy atom. The molecule has 1 aliphatic heterocycles. The molecule has 8 heteroatoms. The van der Waals surface area contributed by atoms with Gasteiger partial charge < -0.3 is 19.2 Å². The van der Waals surface area contributed by atoms with Gasteiger partial charge in [0.05, 0.1) is 0 Å². The van der Waals surface area contributed by atoms with Gasteiger partial charge in [0, 0.05) is 34.9 Å². The molecule has 0 bridgehead atoms. The number of fused-ring (bicyclic) bond motifs is 3. The fraction of sp³-hybridized carbons (Fsp3) is 0.280. The molecule has 1 aliphatic rings. The molecule has 1 aromatic heterocycles. The molecule has 5 rings (SSSR count). The number of nitrogens with one attached hydrogen (secondary N) is 1. The number of hydrogen-bond donors (Lipinski definition) is 1. The van der Waals surface area contributed by atoms with Gasteiger partial charge in [-0.2, -0.15) is 4.31 Å². The SMILES string of the molecule is Cc1ccccc1OCCN1CC(COc2ccc3[nH]c4ccccc4c3c2)OCS1(=O)=O. The molecular weight excluding hydrogens is 440 g/mol. The van der Waals surface area contributed by atoms with Crippen LogP contribution in [0.2, 0.25) is 0 Å². The molecule has 0 saturated carbocycles. The van der Waals surface area contributed by atoms with Crippen molar-refractivity contribution in [2.24, 2.45) is 0 Å². The number of hydrogen-bond acceptors (Lipinski definition) is 5. The van der Waals surface area contributed by atoms with Crippen LogP contribution in [0.3, 0.4) is 0 Å². The Kier molecular flexibility index (Phi) is 5.97. The van der Waals surface area contributed by atoms with Crippen LogP contribution in [-0.4, -0.2) is 56.1 Å². The van der Waals surface area contributed by atoms with Crippen LogP contribution in [0.25, 0.3) is 21.8 Å². The van der Waals surface area contributed by atoms with E-state index in [9.17, 15) is 8.42 Å². The van der Waals surface area contributed by atoms with E-state index in [0.717, 1.165) is 38.9 Å². The summed E-state index contributed by atoms with van der Waals surface area (Å²) < 4.78 is 43.7.